The third kappa shape index (κ3) is 7.60. The van der Waals surface area contributed by atoms with E-state index in [9.17, 15) is 18.3 Å². The molecule has 0 radical (unpaired) electrons. The first-order valence-electron chi connectivity index (χ1n) is 9.01. The summed E-state index contributed by atoms with van der Waals surface area (Å²) in [6, 6.07) is 13.0. The Balaban J connectivity index is 1.90. The van der Waals surface area contributed by atoms with E-state index >= 15 is 0 Å². The molecule has 11 heteroatoms. The van der Waals surface area contributed by atoms with Crippen molar-refractivity contribution in [2.75, 3.05) is 13.2 Å². The number of guanidine groups is 1. The first kappa shape index (κ1) is 23.0. The summed E-state index contributed by atoms with van der Waals surface area (Å²) in [6.07, 6.45) is 0.537. The Morgan fingerprint density at radius 1 is 1.07 bits per heavy atom. The van der Waals surface area contributed by atoms with Gasteiger partial charge in [0.05, 0.1) is 11.5 Å². The summed E-state index contributed by atoms with van der Waals surface area (Å²) in [5.41, 5.74) is 10.9. The highest BCUT2D eigenvalue weighted by Gasteiger charge is 2.25. The summed E-state index contributed by atoms with van der Waals surface area (Å²) in [6.45, 7) is 0.659. The summed E-state index contributed by atoms with van der Waals surface area (Å²) < 4.78 is 32.6. The van der Waals surface area contributed by atoms with Gasteiger partial charge in [0, 0.05) is 6.42 Å². The number of carbonyl (C=O) groups is 1. The molecule has 0 aromatic heterocycles. The van der Waals surface area contributed by atoms with Crippen LogP contribution in [0.3, 0.4) is 0 Å². The number of hydrogen-bond acceptors (Lipinski definition) is 6. The van der Waals surface area contributed by atoms with Crippen molar-refractivity contribution >= 4 is 22.0 Å². The number of aliphatic carboxylic acids is 1. The van der Waals surface area contributed by atoms with E-state index in [0.717, 1.165) is 0 Å². The van der Waals surface area contributed by atoms with E-state index in [4.69, 9.17) is 21.0 Å². The molecule has 0 aliphatic carbocycles. The Kier molecular flexibility index (Phi) is 8.44. The van der Waals surface area contributed by atoms with Gasteiger partial charge in [-0.1, -0.05) is 30.3 Å². The lowest BCUT2D eigenvalue weighted by molar-refractivity contribution is -0.138. The van der Waals surface area contributed by atoms with Crippen LogP contribution in [-0.2, 0) is 26.1 Å². The fourth-order valence-electron chi connectivity index (χ4n) is 2.43. The molecular weight excluding hydrogens is 412 g/mol. The maximum atomic E-state index is 12.4. The number of sulfonamides is 1. The molecule has 1 atom stereocenters. The average Bonchev–Trinajstić information content (AvgIpc) is 2.71. The van der Waals surface area contributed by atoms with Crippen LogP contribution in [0.5, 0.6) is 5.75 Å². The maximum Gasteiger partial charge on any atom is 0.322 e. The number of ether oxygens (including phenoxy) is 1. The van der Waals surface area contributed by atoms with Crippen LogP contribution in [0.2, 0.25) is 0 Å². The van der Waals surface area contributed by atoms with E-state index in [-0.39, 0.29) is 23.9 Å². The lowest BCUT2D eigenvalue weighted by atomic mass is 10.1. The molecule has 0 unspecified atom stereocenters. The zero-order valence-corrected chi connectivity index (χ0v) is 16.9. The standard InChI is InChI=1S/C19H24N4O6S/c20-19(21)22-29-12-4-11-28-15-9-7-14(8-10-15)13-17(18(24)25)23-30(26,27)16-5-2-1-3-6-16/h1-3,5-10,17,23H,4,11-13H2,(H,24,25)(H4,20,21,22)/t17-/m0/s1. The number of hydrogen-bond donors (Lipinski definition) is 4. The van der Waals surface area contributed by atoms with Crippen LogP contribution in [0.25, 0.3) is 0 Å². The van der Waals surface area contributed by atoms with Crippen LogP contribution >= 0.6 is 0 Å². The predicted octanol–water partition coefficient (Wildman–Crippen LogP) is 0.635. The largest absolute Gasteiger partial charge is 0.493 e. The highest BCUT2D eigenvalue weighted by atomic mass is 32.2. The van der Waals surface area contributed by atoms with Gasteiger partial charge in [-0.25, -0.2) is 8.42 Å². The second kappa shape index (κ2) is 11.0. The Labute approximate surface area is 174 Å². The molecule has 0 bridgehead atoms. The van der Waals surface area contributed by atoms with Gasteiger partial charge in [0.1, 0.15) is 18.4 Å². The molecule has 0 heterocycles. The molecule has 2 rings (SSSR count). The number of rotatable bonds is 12. The van der Waals surface area contributed by atoms with Gasteiger partial charge in [-0.2, -0.15) is 4.72 Å². The molecule has 0 amide bonds. The van der Waals surface area contributed by atoms with Gasteiger partial charge >= 0.3 is 5.97 Å². The van der Waals surface area contributed by atoms with Gasteiger partial charge in [-0.3, -0.25) is 4.79 Å². The van der Waals surface area contributed by atoms with E-state index in [1.54, 1.807) is 42.5 Å². The quantitative estimate of drug-likeness (QED) is 0.163. The van der Waals surface area contributed by atoms with E-state index in [2.05, 4.69) is 9.88 Å². The van der Waals surface area contributed by atoms with E-state index < -0.39 is 22.0 Å². The number of benzene rings is 2. The molecule has 2 aromatic carbocycles. The molecule has 162 valence electrons. The van der Waals surface area contributed by atoms with Crippen LogP contribution in [0, 0.1) is 0 Å². The minimum absolute atomic E-state index is 0.00353. The molecule has 10 nitrogen and oxygen atoms in total. The summed E-state index contributed by atoms with van der Waals surface area (Å²) in [7, 11) is -3.95. The SMILES string of the molecule is NC(N)=NOCCCOc1ccc(C[C@H](NS(=O)(=O)c2ccccc2)C(=O)O)cc1. The molecule has 0 aliphatic rings. The second-order valence-electron chi connectivity index (χ2n) is 6.22. The number of nitrogens with zero attached hydrogens (tertiary/aromatic N) is 1. The van der Waals surface area contributed by atoms with Gasteiger partial charge in [-0.05, 0) is 41.4 Å². The highest BCUT2D eigenvalue weighted by Crippen LogP contribution is 2.15. The van der Waals surface area contributed by atoms with Crippen molar-refractivity contribution in [2.45, 2.75) is 23.8 Å². The van der Waals surface area contributed by atoms with Crippen LogP contribution in [0.4, 0.5) is 0 Å². The van der Waals surface area contributed by atoms with Crippen LogP contribution in [0.15, 0.2) is 64.6 Å². The van der Waals surface area contributed by atoms with Crippen LogP contribution in [-0.4, -0.2) is 44.7 Å². The third-order valence-electron chi connectivity index (χ3n) is 3.83. The third-order valence-corrected chi connectivity index (χ3v) is 5.32. The summed E-state index contributed by atoms with van der Waals surface area (Å²) in [4.78, 5) is 16.4. The minimum atomic E-state index is -3.95. The number of nitrogens with one attached hydrogen (secondary N) is 1. The molecule has 0 spiro atoms. The van der Waals surface area contributed by atoms with Crippen molar-refractivity contribution in [3.63, 3.8) is 0 Å². The molecule has 0 saturated carbocycles. The predicted molar refractivity (Wildman–Crippen MR) is 110 cm³/mol. The van der Waals surface area contributed by atoms with E-state index in [1.165, 1.54) is 12.1 Å². The van der Waals surface area contributed by atoms with Gasteiger partial charge in [0.15, 0.2) is 0 Å². The fourth-order valence-corrected chi connectivity index (χ4v) is 3.64. The molecule has 30 heavy (non-hydrogen) atoms. The van der Waals surface area contributed by atoms with Crippen molar-refractivity contribution < 1.29 is 27.9 Å². The molecular formula is C19H24N4O6S. The average molecular weight is 436 g/mol. The molecule has 0 fully saturated rings. The second-order valence-corrected chi connectivity index (χ2v) is 7.94. The zero-order chi connectivity index (χ0) is 22.0. The van der Waals surface area contributed by atoms with E-state index in [1.807, 2.05) is 0 Å². The Hall–Kier alpha value is -3.31. The zero-order valence-electron chi connectivity index (χ0n) is 16.1. The van der Waals surface area contributed by atoms with Crippen LogP contribution in [0.1, 0.15) is 12.0 Å². The van der Waals surface area contributed by atoms with Crippen molar-refractivity contribution in [3.05, 3.63) is 60.2 Å². The highest BCUT2D eigenvalue weighted by molar-refractivity contribution is 7.89. The molecule has 2 aromatic rings. The van der Waals surface area contributed by atoms with Gasteiger partial charge < -0.3 is 26.1 Å². The molecule has 0 aliphatic heterocycles. The summed E-state index contributed by atoms with van der Waals surface area (Å²) in [5.74, 6) is -0.842. The summed E-state index contributed by atoms with van der Waals surface area (Å²) >= 11 is 0. The first-order valence-corrected chi connectivity index (χ1v) is 10.5. The Morgan fingerprint density at radius 2 is 1.73 bits per heavy atom. The van der Waals surface area contributed by atoms with Crippen molar-refractivity contribution in [1.82, 2.24) is 4.72 Å². The number of oxime groups is 1. The smallest absolute Gasteiger partial charge is 0.322 e. The number of nitrogens with two attached hydrogens (primary N) is 2. The summed E-state index contributed by atoms with van der Waals surface area (Å²) in [5, 5.41) is 12.8. The lowest BCUT2D eigenvalue weighted by Crippen LogP contribution is -2.42. The normalized spacial score (nSPS) is 12.0. The lowest BCUT2D eigenvalue weighted by Gasteiger charge is -2.15. The first-order chi connectivity index (χ1) is 14.3. The topological polar surface area (TPSA) is 166 Å². The van der Waals surface area contributed by atoms with Gasteiger partial charge in [-0.15, -0.1) is 0 Å². The number of carboxylic acids is 1. The fraction of sp³-hybridized carbons (Fsp3) is 0.263. The van der Waals surface area contributed by atoms with Crippen LogP contribution < -0.4 is 20.9 Å². The maximum absolute atomic E-state index is 12.4. The van der Waals surface area contributed by atoms with Crippen molar-refractivity contribution in [1.29, 1.82) is 0 Å². The molecule has 6 N–H and O–H groups in total. The Bertz CT molecular complexity index is 945. The number of carboxylic acid groups (broad SMARTS) is 1. The monoisotopic (exact) mass is 436 g/mol. The van der Waals surface area contributed by atoms with E-state index in [0.29, 0.717) is 24.3 Å². The van der Waals surface area contributed by atoms with Crippen molar-refractivity contribution in [2.24, 2.45) is 16.6 Å². The molecule has 0 saturated heterocycles. The Morgan fingerprint density at radius 3 is 2.33 bits per heavy atom. The van der Waals surface area contributed by atoms with Gasteiger partial charge in [0.25, 0.3) is 0 Å². The van der Waals surface area contributed by atoms with Crippen molar-refractivity contribution in [3.8, 4) is 5.75 Å². The van der Waals surface area contributed by atoms with Gasteiger partial charge in [0.2, 0.25) is 16.0 Å². The minimum Gasteiger partial charge on any atom is -0.493 e.